The quantitative estimate of drug-likeness (QED) is 0.526. The number of halogens is 1. The fourth-order valence-corrected chi connectivity index (χ4v) is 5.27. The van der Waals surface area contributed by atoms with Crippen LogP contribution in [0.15, 0.2) is 36.5 Å². The largest absolute Gasteiger partial charge is 0.496 e. The molecule has 0 bridgehead atoms. The molecule has 1 aromatic heterocycles. The monoisotopic (exact) mass is 468 g/mol. The van der Waals surface area contributed by atoms with Gasteiger partial charge < -0.3 is 19.5 Å². The van der Waals surface area contributed by atoms with E-state index in [0.29, 0.717) is 0 Å². The minimum atomic E-state index is -1.49. The van der Waals surface area contributed by atoms with Crippen molar-refractivity contribution in [2.45, 2.75) is 44.1 Å². The Labute approximate surface area is 199 Å². The Morgan fingerprint density at radius 1 is 1.18 bits per heavy atom. The summed E-state index contributed by atoms with van der Waals surface area (Å²) in [5.74, 6) is 1.52. The van der Waals surface area contributed by atoms with Crippen molar-refractivity contribution in [2.75, 3.05) is 40.5 Å². The van der Waals surface area contributed by atoms with Gasteiger partial charge in [-0.25, -0.2) is 4.39 Å². The van der Waals surface area contributed by atoms with Crippen molar-refractivity contribution in [3.8, 4) is 11.5 Å². The third-order valence-corrected chi connectivity index (χ3v) is 6.97. The van der Waals surface area contributed by atoms with Crippen LogP contribution < -0.4 is 14.8 Å². The Kier molecular flexibility index (Phi) is 6.22. The fraction of sp³-hybridized carbons (Fsp3) is 0.500. The lowest BCUT2D eigenvalue weighted by Gasteiger charge is -2.45. The number of hydrogen-bond acceptors (Lipinski definition) is 6. The minimum Gasteiger partial charge on any atom is -0.496 e. The van der Waals surface area contributed by atoms with Gasteiger partial charge in [0.15, 0.2) is 0 Å². The molecule has 3 aromatic rings. The molecule has 3 heterocycles. The first-order valence-corrected chi connectivity index (χ1v) is 11.8. The average Bonchev–Trinajstić information content (AvgIpc) is 3.26. The second kappa shape index (κ2) is 9.17. The number of ether oxygens (including phenoxy) is 3. The molecule has 0 aliphatic carbocycles. The van der Waals surface area contributed by atoms with E-state index < -0.39 is 5.67 Å². The molecule has 8 heteroatoms. The van der Waals surface area contributed by atoms with E-state index >= 15 is 4.39 Å². The van der Waals surface area contributed by atoms with Crippen LogP contribution in [0.25, 0.3) is 10.9 Å². The summed E-state index contributed by atoms with van der Waals surface area (Å²) in [5.41, 5.74) is 2.90. The molecule has 7 nitrogen and oxygen atoms in total. The van der Waals surface area contributed by atoms with Crippen molar-refractivity contribution in [3.05, 3.63) is 53.2 Å². The zero-order chi connectivity index (χ0) is 23.9. The van der Waals surface area contributed by atoms with E-state index in [9.17, 15) is 0 Å². The maximum absolute atomic E-state index is 15.5. The summed E-state index contributed by atoms with van der Waals surface area (Å²) in [6.45, 7) is 5.74. The number of rotatable bonds is 8. The third-order valence-electron chi connectivity index (χ3n) is 6.97. The van der Waals surface area contributed by atoms with Crippen LogP contribution in [0, 0.1) is 0 Å². The fourth-order valence-electron chi connectivity index (χ4n) is 5.27. The molecule has 5 rings (SSSR count). The smallest absolute Gasteiger partial charge is 0.144 e. The number of fused-ring (bicyclic) bond motifs is 3. The van der Waals surface area contributed by atoms with Crippen molar-refractivity contribution in [3.63, 3.8) is 0 Å². The highest BCUT2D eigenvalue weighted by molar-refractivity contribution is 5.83. The number of nitrogens with one attached hydrogen (secondary N) is 2. The molecule has 0 amide bonds. The normalized spacial score (nSPS) is 22.7. The van der Waals surface area contributed by atoms with Crippen LogP contribution in [0.3, 0.4) is 0 Å². The number of aromatic nitrogens is 2. The molecule has 0 radical (unpaired) electrons. The SMILES string of the molecule is COCC(C)(F)CN1[C@H](c2ccc(OC3CNC3)cc2OC)c2ccc3[nH]ncc3c2C[C@H]1C. The number of methoxy groups -OCH3 is 2. The topological polar surface area (TPSA) is 71.6 Å². The van der Waals surface area contributed by atoms with E-state index in [4.69, 9.17) is 14.2 Å². The standard InChI is InChI=1S/C26H33FN4O3/c1-16-9-21-19(7-8-23-22(21)13-29-30-23)25(31(16)14-26(2,27)15-32-3)20-6-5-17(10-24(20)33-4)34-18-11-28-12-18/h5-8,10,13,16,18,25,28H,9,11-12,14-15H2,1-4H3,(H,29,30)/t16-,25+,26?/m1/s1. The average molecular weight is 469 g/mol. The predicted octanol–water partition coefficient (Wildman–Crippen LogP) is 3.63. The maximum Gasteiger partial charge on any atom is 0.144 e. The lowest BCUT2D eigenvalue weighted by molar-refractivity contribution is 0.00205. The Morgan fingerprint density at radius 2 is 1.97 bits per heavy atom. The highest BCUT2D eigenvalue weighted by Crippen LogP contribution is 2.45. The summed E-state index contributed by atoms with van der Waals surface area (Å²) >= 11 is 0. The summed E-state index contributed by atoms with van der Waals surface area (Å²) in [5, 5.41) is 11.7. The molecular weight excluding hydrogens is 435 g/mol. The molecule has 2 aromatic carbocycles. The number of aromatic amines is 1. The van der Waals surface area contributed by atoms with Gasteiger partial charge in [-0.1, -0.05) is 6.07 Å². The summed E-state index contributed by atoms with van der Waals surface area (Å²) in [6.07, 6.45) is 2.88. The van der Waals surface area contributed by atoms with Gasteiger partial charge >= 0.3 is 0 Å². The minimum absolute atomic E-state index is 0.0376. The van der Waals surface area contributed by atoms with Gasteiger partial charge in [-0.05, 0) is 49.6 Å². The van der Waals surface area contributed by atoms with Crippen LogP contribution in [0.1, 0.15) is 36.6 Å². The molecule has 0 saturated carbocycles. The summed E-state index contributed by atoms with van der Waals surface area (Å²) < 4.78 is 32.6. The first-order chi connectivity index (χ1) is 16.4. The van der Waals surface area contributed by atoms with Crippen LogP contribution >= 0.6 is 0 Å². The lowest BCUT2D eigenvalue weighted by Crippen LogP contribution is -2.50. The van der Waals surface area contributed by atoms with Crippen molar-refractivity contribution >= 4 is 10.9 Å². The number of benzene rings is 2. The Morgan fingerprint density at radius 3 is 2.68 bits per heavy atom. The number of H-pyrrole nitrogens is 1. The third kappa shape index (κ3) is 4.26. The lowest BCUT2D eigenvalue weighted by atomic mass is 9.82. The Balaban J connectivity index is 1.61. The first kappa shape index (κ1) is 23.1. The van der Waals surface area contributed by atoms with E-state index in [1.165, 1.54) is 5.56 Å². The number of nitrogens with zero attached hydrogens (tertiary/aromatic N) is 2. The predicted molar refractivity (Wildman–Crippen MR) is 129 cm³/mol. The molecule has 1 fully saturated rings. The van der Waals surface area contributed by atoms with Gasteiger partial charge in [0.25, 0.3) is 0 Å². The van der Waals surface area contributed by atoms with Crippen LogP contribution in [0.2, 0.25) is 0 Å². The molecule has 34 heavy (non-hydrogen) atoms. The second-order valence-corrected chi connectivity index (χ2v) is 9.74. The van der Waals surface area contributed by atoms with Crippen molar-refractivity contribution in [2.24, 2.45) is 0 Å². The molecule has 2 aliphatic heterocycles. The van der Waals surface area contributed by atoms with E-state index in [0.717, 1.165) is 53.0 Å². The van der Waals surface area contributed by atoms with Crippen LogP contribution in [-0.4, -0.2) is 73.4 Å². The van der Waals surface area contributed by atoms with Gasteiger partial charge in [-0.15, -0.1) is 0 Å². The van der Waals surface area contributed by atoms with E-state index in [-0.39, 0.29) is 31.3 Å². The highest BCUT2D eigenvalue weighted by Gasteiger charge is 2.40. The highest BCUT2D eigenvalue weighted by atomic mass is 19.1. The Hall–Kier alpha value is -2.68. The van der Waals surface area contributed by atoms with Crippen molar-refractivity contribution < 1.29 is 18.6 Å². The van der Waals surface area contributed by atoms with Crippen LogP contribution in [-0.2, 0) is 11.2 Å². The molecule has 3 atom stereocenters. The van der Waals surface area contributed by atoms with Crippen LogP contribution in [0.4, 0.5) is 4.39 Å². The van der Waals surface area contributed by atoms with Gasteiger partial charge in [0.05, 0.1) is 31.5 Å². The molecule has 1 unspecified atom stereocenters. The zero-order valence-corrected chi connectivity index (χ0v) is 20.2. The van der Waals surface area contributed by atoms with Gasteiger partial charge in [-0.3, -0.25) is 10.00 Å². The second-order valence-electron chi connectivity index (χ2n) is 9.74. The molecule has 1 saturated heterocycles. The molecular formula is C26H33FN4O3. The summed E-state index contributed by atoms with van der Waals surface area (Å²) in [7, 11) is 3.22. The van der Waals surface area contributed by atoms with Gasteiger partial charge in [0.1, 0.15) is 23.3 Å². The van der Waals surface area contributed by atoms with E-state index in [1.807, 2.05) is 18.3 Å². The zero-order valence-electron chi connectivity index (χ0n) is 20.2. The van der Waals surface area contributed by atoms with E-state index in [1.54, 1.807) is 21.1 Å². The van der Waals surface area contributed by atoms with Gasteiger partial charge in [-0.2, -0.15) is 5.10 Å². The number of alkyl halides is 1. The molecule has 182 valence electrons. The van der Waals surface area contributed by atoms with Crippen LogP contribution in [0.5, 0.6) is 11.5 Å². The summed E-state index contributed by atoms with van der Waals surface area (Å²) in [6, 6.07) is 10.1. The Bertz CT molecular complexity index is 1160. The van der Waals surface area contributed by atoms with Gasteiger partial charge in [0, 0.05) is 49.8 Å². The molecule has 0 spiro atoms. The van der Waals surface area contributed by atoms with Gasteiger partial charge in [0.2, 0.25) is 0 Å². The van der Waals surface area contributed by atoms with E-state index in [2.05, 4.69) is 45.5 Å². The molecule has 2 N–H and O–H groups in total. The van der Waals surface area contributed by atoms with Crippen molar-refractivity contribution in [1.29, 1.82) is 0 Å². The number of hydrogen-bond donors (Lipinski definition) is 2. The van der Waals surface area contributed by atoms with Crippen molar-refractivity contribution in [1.82, 2.24) is 20.4 Å². The maximum atomic E-state index is 15.5. The molecule has 2 aliphatic rings. The summed E-state index contributed by atoms with van der Waals surface area (Å²) in [4.78, 5) is 2.24. The first-order valence-electron chi connectivity index (χ1n) is 11.8.